The van der Waals surface area contributed by atoms with Crippen molar-refractivity contribution in [3.05, 3.63) is 66.0 Å². The van der Waals surface area contributed by atoms with Crippen LogP contribution in [0.15, 0.2) is 54.6 Å². The Morgan fingerprint density at radius 1 is 1.03 bits per heavy atom. The van der Waals surface area contributed by atoms with Crippen molar-refractivity contribution in [3.63, 3.8) is 0 Å². The first-order valence-corrected chi connectivity index (χ1v) is 11.2. The van der Waals surface area contributed by atoms with E-state index in [4.69, 9.17) is 0 Å². The molecule has 1 atom stereocenters. The van der Waals surface area contributed by atoms with Crippen LogP contribution in [0.2, 0.25) is 0 Å². The van der Waals surface area contributed by atoms with E-state index < -0.39 is 0 Å². The van der Waals surface area contributed by atoms with Crippen LogP contribution in [-0.4, -0.2) is 54.5 Å². The van der Waals surface area contributed by atoms with E-state index >= 15 is 0 Å². The van der Waals surface area contributed by atoms with Crippen molar-refractivity contribution in [2.45, 2.75) is 38.8 Å². The summed E-state index contributed by atoms with van der Waals surface area (Å²) in [4.78, 5) is 19.6. The zero-order valence-electron chi connectivity index (χ0n) is 17.8. The largest absolute Gasteiger partial charge is 0.368 e. The Morgan fingerprint density at radius 2 is 1.70 bits per heavy atom. The van der Waals surface area contributed by atoms with Gasteiger partial charge < -0.3 is 9.80 Å². The van der Waals surface area contributed by atoms with Crippen molar-refractivity contribution in [1.82, 2.24) is 9.80 Å². The van der Waals surface area contributed by atoms with E-state index in [-0.39, 0.29) is 11.7 Å². The summed E-state index contributed by atoms with van der Waals surface area (Å²) in [5, 5.41) is 0. The van der Waals surface area contributed by atoms with Gasteiger partial charge in [0.05, 0.1) is 0 Å². The van der Waals surface area contributed by atoms with Crippen LogP contribution in [0.3, 0.4) is 0 Å². The molecule has 0 radical (unpaired) electrons. The molecule has 0 bridgehead atoms. The Morgan fingerprint density at radius 3 is 2.33 bits per heavy atom. The first-order valence-electron chi connectivity index (χ1n) is 11.2. The molecule has 0 spiro atoms. The molecule has 1 saturated carbocycles. The van der Waals surface area contributed by atoms with Crippen molar-refractivity contribution in [1.29, 1.82) is 0 Å². The maximum absolute atomic E-state index is 13.1. The number of carbonyl (C=O) groups is 1. The highest BCUT2D eigenvalue weighted by Crippen LogP contribution is 2.35. The summed E-state index contributed by atoms with van der Waals surface area (Å²) in [6.07, 6.45) is 3.19. The fraction of sp³-hybridized carbons (Fsp3) is 0.480. The fourth-order valence-corrected chi connectivity index (χ4v) is 4.38. The average molecular weight is 410 g/mol. The SMILES string of the molecule is CC(C1CC1)N(CCC(=O)N1CCN(c2ccc(F)cc2)CC1)Cc1ccccc1. The van der Waals surface area contributed by atoms with Crippen LogP contribution in [0, 0.1) is 11.7 Å². The number of anilines is 1. The maximum Gasteiger partial charge on any atom is 0.223 e. The Bertz CT molecular complexity index is 814. The molecule has 160 valence electrons. The van der Waals surface area contributed by atoms with Gasteiger partial charge in [-0.3, -0.25) is 9.69 Å². The summed E-state index contributed by atoms with van der Waals surface area (Å²) < 4.78 is 13.1. The predicted octanol–water partition coefficient (Wildman–Crippen LogP) is 4.17. The topological polar surface area (TPSA) is 26.8 Å². The molecule has 30 heavy (non-hydrogen) atoms. The Labute approximate surface area is 179 Å². The first kappa shape index (κ1) is 20.9. The molecule has 1 unspecified atom stereocenters. The summed E-state index contributed by atoms with van der Waals surface area (Å²) in [5.41, 5.74) is 2.33. The number of rotatable bonds is 8. The number of hydrogen-bond acceptors (Lipinski definition) is 3. The standard InChI is InChI=1S/C25H32FN3O/c1-20(22-7-8-22)29(19-21-5-3-2-4-6-21)14-13-25(30)28-17-15-27(16-18-28)24-11-9-23(26)10-12-24/h2-6,9-12,20,22H,7-8,13-19H2,1H3. The van der Waals surface area contributed by atoms with Crippen LogP contribution in [0.1, 0.15) is 31.7 Å². The van der Waals surface area contributed by atoms with Crippen molar-refractivity contribution in [2.75, 3.05) is 37.6 Å². The molecular formula is C25H32FN3O. The second-order valence-electron chi connectivity index (χ2n) is 8.63. The van der Waals surface area contributed by atoms with E-state index in [1.54, 1.807) is 0 Å². The van der Waals surface area contributed by atoms with E-state index in [1.807, 2.05) is 23.1 Å². The van der Waals surface area contributed by atoms with Crippen molar-refractivity contribution >= 4 is 11.6 Å². The zero-order chi connectivity index (χ0) is 20.9. The molecule has 2 aromatic carbocycles. The van der Waals surface area contributed by atoms with Gasteiger partial charge in [0.2, 0.25) is 5.91 Å². The number of nitrogens with zero attached hydrogens (tertiary/aromatic N) is 3. The quantitative estimate of drug-likeness (QED) is 0.655. The van der Waals surface area contributed by atoms with Crippen LogP contribution in [0.25, 0.3) is 0 Å². The number of carbonyl (C=O) groups excluding carboxylic acids is 1. The van der Waals surface area contributed by atoms with Gasteiger partial charge in [0.25, 0.3) is 0 Å². The molecule has 5 heteroatoms. The lowest BCUT2D eigenvalue weighted by Crippen LogP contribution is -2.49. The molecule has 0 N–H and O–H groups in total. The number of halogens is 1. The molecule has 4 rings (SSSR count). The molecular weight excluding hydrogens is 377 g/mol. The number of benzene rings is 2. The summed E-state index contributed by atoms with van der Waals surface area (Å²) >= 11 is 0. The second kappa shape index (κ2) is 9.61. The van der Waals surface area contributed by atoms with Crippen LogP contribution >= 0.6 is 0 Å². The molecule has 0 aromatic heterocycles. The van der Waals surface area contributed by atoms with E-state index in [2.05, 4.69) is 41.0 Å². The lowest BCUT2D eigenvalue weighted by Gasteiger charge is -2.37. The van der Waals surface area contributed by atoms with Gasteiger partial charge in [-0.2, -0.15) is 0 Å². The van der Waals surface area contributed by atoms with Crippen molar-refractivity contribution < 1.29 is 9.18 Å². The van der Waals surface area contributed by atoms with E-state index in [1.165, 1.54) is 30.5 Å². The van der Waals surface area contributed by atoms with Crippen molar-refractivity contribution in [3.8, 4) is 0 Å². The van der Waals surface area contributed by atoms with E-state index in [0.29, 0.717) is 12.5 Å². The molecule has 1 aliphatic carbocycles. The normalized spacial score (nSPS) is 18.0. The highest BCUT2D eigenvalue weighted by Gasteiger charge is 2.32. The molecule has 2 aliphatic rings. The molecule has 4 nitrogen and oxygen atoms in total. The third-order valence-electron chi connectivity index (χ3n) is 6.55. The van der Waals surface area contributed by atoms with Crippen molar-refractivity contribution in [2.24, 2.45) is 5.92 Å². The van der Waals surface area contributed by atoms with Gasteiger partial charge >= 0.3 is 0 Å². The average Bonchev–Trinajstić information content (AvgIpc) is 3.63. The third-order valence-corrected chi connectivity index (χ3v) is 6.55. The summed E-state index contributed by atoms with van der Waals surface area (Å²) in [5.74, 6) is 0.811. The molecule has 1 saturated heterocycles. The van der Waals surface area contributed by atoms with Gasteiger partial charge in [-0.15, -0.1) is 0 Å². The van der Waals surface area contributed by atoms with E-state index in [0.717, 1.165) is 50.9 Å². The minimum atomic E-state index is -0.215. The van der Waals surface area contributed by atoms with Gasteiger partial charge in [-0.1, -0.05) is 30.3 Å². The molecule has 2 aromatic rings. The van der Waals surface area contributed by atoms with Gasteiger partial charge in [-0.05, 0) is 55.5 Å². The second-order valence-corrected chi connectivity index (χ2v) is 8.63. The fourth-order valence-electron chi connectivity index (χ4n) is 4.38. The van der Waals surface area contributed by atoms with Gasteiger partial charge in [-0.25, -0.2) is 4.39 Å². The molecule has 1 aliphatic heterocycles. The Hall–Kier alpha value is -2.40. The van der Waals surface area contributed by atoms with Crippen LogP contribution in [0.5, 0.6) is 0 Å². The first-order chi connectivity index (χ1) is 14.6. The van der Waals surface area contributed by atoms with Gasteiger partial charge in [0, 0.05) is 57.4 Å². The predicted molar refractivity (Wildman–Crippen MR) is 119 cm³/mol. The number of piperazine rings is 1. The highest BCUT2D eigenvalue weighted by molar-refractivity contribution is 5.76. The minimum Gasteiger partial charge on any atom is -0.368 e. The summed E-state index contributed by atoms with van der Waals surface area (Å²) in [7, 11) is 0. The van der Waals surface area contributed by atoms with Crippen LogP contribution < -0.4 is 4.90 Å². The lowest BCUT2D eigenvalue weighted by atomic mass is 10.1. The van der Waals surface area contributed by atoms with Crippen LogP contribution in [-0.2, 0) is 11.3 Å². The Kier molecular flexibility index (Phi) is 6.68. The monoisotopic (exact) mass is 409 g/mol. The molecule has 1 amide bonds. The lowest BCUT2D eigenvalue weighted by molar-refractivity contribution is -0.132. The van der Waals surface area contributed by atoms with Gasteiger partial charge in [0.15, 0.2) is 0 Å². The smallest absolute Gasteiger partial charge is 0.223 e. The van der Waals surface area contributed by atoms with Gasteiger partial charge in [0.1, 0.15) is 5.82 Å². The number of amides is 1. The van der Waals surface area contributed by atoms with Crippen LogP contribution in [0.4, 0.5) is 10.1 Å². The highest BCUT2D eigenvalue weighted by atomic mass is 19.1. The number of hydrogen-bond donors (Lipinski definition) is 0. The summed E-state index contributed by atoms with van der Waals surface area (Å²) in [6.45, 7) is 7.08. The Balaban J connectivity index is 1.28. The third kappa shape index (κ3) is 5.39. The molecule has 1 heterocycles. The maximum atomic E-state index is 13.1. The van der Waals surface area contributed by atoms with E-state index in [9.17, 15) is 9.18 Å². The molecule has 2 fully saturated rings. The summed E-state index contributed by atoms with van der Waals surface area (Å²) in [6, 6.07) is 17.7. The minimum absolute atomic E-state index is 0.215. The zero-order valence-corrected chi connectivity index (χ0v) is 17.8.